The molecular weight excluding hydrogens is 423 g/mol. The summed E-state index contributed by atoms with van der Waals surface area (Å²) in [6.07, 6.45) is 5.47. The number of carbonyl (C=O) groups excluding carboxylic acids is 2. The van der Waals surface area contributed by atoms with E-state index in [1.807, 2.05) is 0 Å². The molecule has 2 fully saturated rings. The van der Waals surface area contributed by atoms with Crippen LogP contribution in [0.5, 0.6) is 5.75 Å². The molecule has 2 aliphatic rings. The van der Waals surface area contributed by atoms with Gasteiger partial charge in [-0.15, -0.1) is 6.58 Å². The third kappa shape index (κ3) is 7.34. The van der Waals surface area contributed by atoms with Crippen molar-refractivity contribution >= 4 is 21.8 Å². The summed E-state index contributed by atoms with van der Waals surface area (Å²) in [6.45, 7) is 4.75. The first-order valence-corrected chi connectivity index (χ1v) is 12.4. The van der Waals surface area contributed by atoms with E-state index in [-0.39, 0.29) is 24.0 Å². The Morgan fingerprint density at radius 2 is 2.00 bits per heavy atom. The van der Waals surface area contributed by atoms with Crippen LogP contribution in [0.25, 0.3) is 0 Å². The molecular formula is C22H29FN2O5S. The van der Waals surface area contributed by atoms with E-state index in [1.165, 1.54) is 23.1 Å². The van der Waals surface area contributed by atoms with Crippen LogP contribution in [-0.4, -0.2) is 56.5 Å². The summed E-state index contributed by atoms with van der Waals surface area (Å²) in [5.41, 5.74) is 0.536. The number of nitrogens with zero attached hydrogens (tertiary/aromatic N) is 1. The number of carbonyl (C=O) groups is 2. The molecule has 1 aromatic rings. The van der Waals surface area contributed by atoms with Gasteiger partial charge in [0, 0.05) is 18.5 Å². The number of nitrogens with one attached hydrogen (secondary N) is 1. The molecule has 1 aliphatic heterocycles. The zero-order valence-electron chi connectivity index (χ0n) is 17.5. The summed E-state index contributed by atoms with van der Waals surface area (Å²) in [4.78, 5) is 24.0. The number of allylic oxidation sites excluding steroid dienone is 1. The van der Waals surface area contributed by atoms with Gasteiger partial charge in [0.1, 0.15) is 18.1 Å². The van der Waals surface area contributed by atoms with Gasteiger partial charge in [-0.3, -0.25) is 10.1 Å². The van der Waals surface area contributed by atoms with Crippen molar-refractivity contribution in [1.29, 1.82) is 0 Å². The van der Waals surface area contributed by atoms with Crippen LogP contribution in [0.4, 0.5) is 9.18 Å². The van der Waals surface area contributed by atoms with Crippen molar-refractivity contribution in [1.82, 2.24) is 10.2 Å². The lowest BCUT2D eigenvalue weighted by Gasteiger charge is -2.16. The quantitative estimate of drug-likeness (QED) is 0.282. The summed E-state index contributed by atoms with van der Waals surface area (Å²) >= 11 is 0. The lowest BCUT2D eigenvalue weighted by molar-refractivity contribution is -0.118. The van der Waals surface area contributed by atoms with Gasteiger partial charge in [0.15, 0.2) is 9.84 Å². The van der Waals surface area contributed by atoms with Gasteiger partial charge in [0.2, 0.25) is 5.91 Å². The van der Waals surface area contributed by atoms with E-state index < -0.39 is 27.6 Å². The number of amides is 3. The maximum atomic E-state index is 14.0. The van der Waals surface area contributed by atoms with Crippen molar-refractivity contribution in [3.8, 4) is 5.75 Å². The second kappa shape index (κ2) is 10.3. The second-order valence-corrected chi connectivity index (χ2v) is 10.5. The van der Waals surface area contributed by atoms with Gasteiger partial charge < -0.3 is 9.64 Å². The standard InChI is InChI=1S/C22H29FN2O5S/c1-2-17(18-10-19(23)12-20(11-18)30-14-16-6-7-16)15-31(28,29)9-5-3-4-8-25-13-21(26)24-22(25)27/h2,10-12,16-17H,1,3-9,13-15H2,(H,24,26,27)/t17-/m0/s1. The molecule has 1 saturated heterocycles. The number of hydrogen-bond donors (Lipinski definition) is 1. The highest BCUT2D eigenvalue weighted by atomic mass is 32.2. The van der Waals surface area contributed by atoms with Gasteiger partial charge in [-0.1, -0.05) is 12.5 Å². The van der Waals surface area contributed by atoms with E-state index in [4.69, 9.17) is 4.74 Å². The van der Waals surface area contributed by atoms with Crippen molar-refractivity contribution in [3.63, 3.8) is 0 Å². The zero-order chi connectivity index (χ0) is 22.4. The maximum Gasteiger partial charge on any atom is 0.324 e. The summed E-state index contributed by atoms with van der Waals surface area (Å²) in [6, 6.07) is 3.93. The average molecular weight is 453 g/mol. The van der Waals surface area contributed by atoms with Gasteiger partial charge in [0.25, 0.3) is 0 Å². The first-order valence-electron chi connectivity index (χ1n) is 10.6. The van der Waals surface area contributed by atoms with E-state index in [2.05, 4.69) is 11.9 Å². The summed E-state index contributed by atoms with van der Waals surface area (Å²) in [5, 5.41) is 2.21. The monoisotopic (exact) mass is 452 g/mol. The molecule has 170 valence electrons. The Morgan fingerprint density at radius 1 is 1.23 bits per heavy atom. The normalized spacial score (nSPS) is 17.5. The highest BCUT2D eigenvalue weighted by molar-refractivity contribution is 7.91. The maximum absolute atomic E-state index is 14.0. The number of imide groups is 1. The van der Waals surface area contributed by atoms with Crippen molar-refractivity contribution in [2.45, 2.75) is 38.0 Å². The van der Waals surface area contributed by atoms with E-state index in [0.717, 1.165) is 12.8 Å². The van der Waals surface area contributed by atoms with Crippen LogP contribution in [0.15, 0.2) is 30.9 Å². The highest BCUT2D eigenvalue weighted by Crippen LogP contribution is 2.31. The molecule has 7 nitrogen and oxygen atoms in total. The molecule has 0 radical (unpaired) electrons. The molecule has 31 heavy (non-hydrogen) atoms. The van der Waals surface area contributed by atoms with Crippen molar-refractivity contribution in [2.24, 2.45) is 5.92 Å². The summed E-state index contributed by atoms with van der Waals surface area (Å²) < 4.78 is 44.9. The Morgan fingerprint density at radius 3 is 2.65 bits per heavy atom. The SMILES string of the molecule is C=C[C@@H](CS(=O)(=O)CCCCCN1CC(=O)NC1=O)c1cc(F)cc(OCC2CC2)c1. The number of benzene rings is 1. The first-order chi connectivity index (χ1) is 14.8. The minimum atomic E-state index is -3.38. The lowest BCUT2D eigenvalue weighted by Crippen LogP contribution is -2.29. The molecule has 1 atom stereocenters. The van der Waals surface area contributed by atoms with Gasteiger partial charge in [-0.25, -0.2) is 17.6 Å². The largest absolute Gasteiger partial charge is 0.493 e. The highest BCUT2D eigenvalue weighted by Gasteiger charge is 2.26. The van der Waals surface area contributed by atoms with Crippen LogP contribution in [-0.2, 0) is 14.6 Å². The molecule has 9 heteroatoms. The molecule has 0 bridgehead atoms. The summed E-state index contributed by atoms with van der Waals surface area (Å²) in [5.74, 6) is -0.506. The Bertz CT molecular complexity index is 930. The Balaban J connectivity index is 1.47. The fourth-order valence-corrected chi connectivity index (χ4v) is 5.19. The van der Waals surface area contributed by atoms with E-state index in [0.29, 0.717) is 49.6 Å². The third-order valence-electron chi connectivity index (χ3n) is 5.47. The molecule has 1 saturated carbocycles. The minimum Gasteiger partial charge on any atom is -0.493 e. The van der Waals surface area contributed by atoms with Crippen LogP contribution in [0.1, 0.15) is 43.6 Å². The number of ether oxygens (including phenoxy) is 1. The predicted octanol–water partition coefficient (Wildman–Crippen LogP) is 3.02. The molecule has 1 N–H and O–H groups in total. The van der Waals surface area contributed by atoms with Crippen LogP contribution in [0.3, 0.4) is 0 Å². The first kappa shape index (κ1) is 23.2. The van der Waals surface area contributed by atoms with Gasteiger partial charge in [-0.2, -0.15) is 0 Å². The molecule has 3 amide bonds. The summed E-state index contributed by atoms with van der Waals surface area (Å²) in [7, 11) is -3.38. The minimum absolute atomic E-state index is 0.00280. The zero-order valence-corrected chi connectivity index (χ0v) is 18.3. The Hall–Kier alpha value is -2.42. The van der Waals surface area contributed by atoms with Crippen molar-refractivity contribution < 1.29 is 27.1 Å². The van der Waals surface area contributed by atoms with Gasteiger partial charge in [0.05, 0.1) is 18.1 Å². The third-order valence-corrected chi connectivity index (χ3v) is 7.25. The fourth-order valence-electron chi connectivity index (χ4n) is 3.50. The van der Waals surface area contributed by atoms with Crippen LogP contribution in [0.2, 0.25) is 0 Å². The lowest BCUT2D eigenvalue weighted by atomic mass is 10.0. The van der Waals surface area contributed by atoms with E-state index in [9.17, 15) is 22.4 Å². The van der Waals surface area contributed by atoms with Crippen LogP contribution < -0.4 is 10.1 Å². The average Bonchev–Trinajstić information content (AvgIpc) is 3.47. The number of halogens is 1. The van der Waals surface area contributed by atoms with Crippen LogP contribution >= 0.6 is 0 Å². The van der Waals surface area contributed by atoms with E-state index >= 15 is 0 Å². The number of sulfone groups is 1. The number of hydrogen-bond acceptors (Lipinski definition) is 5. The number of urea groups is 1. The smallest absolute Gasteiger partial charge is 0.324 e. The second-order valence-electron chi connectivity index (χ2n) is 8.27. The molecule has 0 spiro atoms. The molecule has 1 heterocycles. The van der Waals surface area contributed by atoms with Gasteiger partial charge >= 0.3 is 6.03 Å². The van der Waals surface area contributed by atoms with Gasteiger partial charge in [-0.05, 0) is 49.3 Å². The number of rotatable bonds is 13. The molecule has 1 aromatic carbocycles. The van der Waals surface area contributed by atoms with Crippen molar-refractivity contribution in [2.75, 3.05) is 31.2 Å². The fraction of sp³-hybridized carbons (Fsp3) is 0.545. The predicted molar refractivity (Wildman–Crippen MR) is 115 cm³/mol. The van der Waals surface area contributed by atoms with Crippen molar-refractivity contribution in [3.05, 3.63) is 42.2 Å². The molecule has 1 aliphatic carbocycles. The molecule has 0 unspecified atom stereocenters. The van der Waals surface area contributed by atoms with Crippen LogP contribution in [0, 0.1) is 11.7 Å². The topological polar surface area (TPSA) is 92.8 Å². The molecule has 0 aromatic heterocycles. The Kier molecular flexibility index (Phi) is 7.69. The number of unbranched alkanes of at least 4 members (excludes halogenated alkanes) is 2. The van der Waals surface area contributed by atoms with E-state index in [1.54, 1.807) is 6.07 Å². The molecule has 3 rings (SSSR count). The Labute approximate surface area is 182 Å².